The van der Waals surface area contributed by atoms with Gasteiger partial charge in [0.25, 0.3) is 0 Å². The van der Waals surface area contributed by atoms with Crippen molar-refractivity contribution >= 4 is 16.8 Å². The smallest absolute Gasteiger partial charge is 0.228 e. The fourth-order valence-corrected chi connectivity index (χ4v) is 1.40. The van der Waals surface area contributed by atoms with Crippen LogP contribution in [-0.4, -0.2) is 16.5 Å². The Hall–Kier alpha value is -1.61. The van der Waals surface area contributed by atoms with Crippen LogP contribution in [0.3, 0.4) is 0 Å². The number of para-hydroxylation sites is 1. The zero-order valence-corrected chi connectivity index (χ0v) is 8.65. The van der Waals surface area contributed by atoms with Crippen LogP contribution in [-0.2, 0) is 0 Å². The average molecular weight is 204 g/mol. The molecule has 15 heavy (non-hydrogen) atoms. The van der Waals surface area contributed by atoms with Crippen LogP contribution in [0.25, 0.3) is 11.0 Å². The Morgan fingerprint density at radius 2 is 2.00 bits per heavy atom. The Labute approximate surface area is 87.3 Å². The van der Waals surface area contributed by atoms with Gasteiger partial charge in [-0.2, -0.15) is 0 Å². The minimum absolute atomic E-state index is 0.198. The molecular weight excluding hydrogens is 192 g/mol. The van der Waals surface area contributed by atoms with E-state index in [1.165, 1.54) is 13.8 Å². The summed E-state index contributed by atoms with van der Waals surface area (Å²) in [5, 5.41) is 10.4. The van der Waals surface area contributed by atoms with E-state index in [4.69, 9.17) is 4.42 Å². The Bertz CT molecular complexity index is 470. The molecule has 2 rings (SSSR count). The molecule has 0 aliphatic heterocycles. The van der Waals surface area contributed by atoms with Gasteiger partial charge in [0.15, 0.2) is 5.76 Å². The van der Waals surface area contributed by atoms with E-state index in [0.717, 1.165) is 5.39 Å². The summed E-state index contributed by atoms with van der Waals surface area (Å²) in [6.07, 6.45) is 0. The van der Waals surface area contributed by atoms with Gasteiger partial charge in [0.1, 0.15) is 11.2 Å². The normalized spacial score (nSPS) is 11.9. The maximum atomic E-state index is 11.7. The number of Topliss-reactive ketones (excluding diaryl/α,β-unsaturated/α-hetero) is 1. The molecule has 0 atom stereocenters. The van der Waals surface area contributed by atoms with Crippen LogP contribution in [0.1, 0.15) is 24.4 Å². The third-order valence-electron chi connectivity index (χ3n) is 2.20. The molecule has 3 heteroatoms. The fraction of sp³-hybridized carbons (Fsp3) is 0.250. The van der Waals surface area contributed by atoms with Gasteiger partial charge in [-0.05, 0) is 26.0 Å². The first kappa shape index (κ1) is 9.93. The zero-order valence-electron chi connectivity index (χ0n) is 8.65. The molecule has 1 aromatic carbocycles. The monoisotopic (exact) mass is 204 g/mol. The van der Waals surface area contributed by atoms with E-state index < -0.39 is 11.4 Å². The van der Waals surface area contributed by atoms with E-state index in [-0.39, 0.29) is 5.76 Å². The second kappa shape index (κ2) is 3.21. The number of hydrogen-bond donors (Lipinski definition) is 1. The minimum atomic E-state index is -1.39. The van der Waals surface area contributed by atoms with Crippen LogP contribution in [0.5, 0.6) is 0 Å². The number of hydrogen-bond acceptors (Lipinski definition) is 3. The van der Waals surface area contributed by atoms with Crippen LogP contribution in [0.2, 0.25) is 0 Å². The second-order valence-electron chi connectivity index (χ2n) is 4.04. The van der Waals surface area contributed by atoms with E-state index in [2.05, 4.69) is 0 Å². The van der Waals surface area contributed by atoms with Crippen LogP contribution in [0.15, 0.2) is 34.7 Å². The zero-order chi connectivity index (χ0) is 11.1. The number of furan rings is 1. The van der Waals surface area contributed by atoms with Gasteiger partial charge in [-0.1, -0.05) is 18.2 Å². The number of carbonyl (C=O) groups excluding carboxylic acids is 1. The Morgan fingerprint density at radius 3 is 2.60 bits per heavy atom. The highest BCUT2D eigenvalue weighted by molar-refractivity contribution is 6.02. The standard InChI is InChI=1S/C12H12O3/c1-12(2,14)11(13)10-7-8-5-3-4-6-9(8)15-10/h3-7,14H,1-2H3. The van der Waals surface area contributed by atoms with E-state index in [1.54, 1.807) is 12.1 Å². The third-order valence-corrected chi connectivity index (χ3v) is 2.20. The first-order valence-electron chi connectivity index (χ1n) is 4.74. The quantitative estimate of drug-likeness (QED) is 0.764. The van der Waals surface area contributed by atoms with E-state index in [0.29, 0.717) is 5.58 Å². The second-order valence-corrected chi connectivity index (χ2v) is 4.04. The van der Waals surface area contributed by atoms with Crippen molar-refractivity contribution in [3.05, 3.63) is 36.1 Å². The molecule has 0 unspecified atom stereocenters. The highest BCUT2D eigenvalue weighted by Gasteiger charge is 2.28. The minimum Gasteiger partial charge on any atom is -0.453 e. The molecule has 0 amide bonds. The van der Waals surface area contributed by atoms with Crippen molar-refractivity contribution < 1.29 is 14.3 Å². The molecule has 0 bridgehead atoms. The lowest BCUT2D eigenvalue weighted by atomic mass is 10.0. The molecule has 0 spiro atoms. The van der Waals surface area contributed by atoms with Gasteiger partial charge in [0.2, 0.25) is 5.78 Å². The Kier molecular flexibility index (Phi) is 2.12. The maximum absolute atomic E-state index is 11.7. The van der Waals surface area contributed by atoms with Gasteiger partial charge in [-0.25, -0.2) is 0 Å². The van der Waals surface area contributed by atoms with Gasteiger partial charge in [0.05, 0.1) is 0 Å². The average Bonchev–Trinajstić information content (AvgIpc) is 2.58. The summed E-state index contributed by atoms with van der Waals surface area (Å²) in [5.41, 5.74) is -0.737. The number of fused-ring (bicyclic) bond motifs is 1. The van der Waals surface area contributed by atoms with Crippen molar-refractivity contribution in [2.24, 2.45) is 0 Å². The first-order valence-corrected chi connectivity index (χ1v) is 4.74. The van der Waals surface area contributed by atoms with E-state index >= 15 is 0 Å². The van der Waals surface area contributed by atoms with Gasteiger partial charge in [-0.15, -0.1) is 0 Å². The lowest BCUT2D eigenvalue weighted by Gasteiger charge is -2.12. The van der Waals surface area contributed by atoms with Gasteiger partial charge >= 0.3 is 0 Å². The molecule has 1 heterocycles. The lowest BCUT2D eigenvalue weighted by molar-refractivity contribution is 0.0461. The number of aliphatic hydroxyl groups is 1. The van der Waals surface area contributed by atoms with Crippen molar-refractivity contribution in [1.82, 2.24) is 0 Å². The molecule has 0 saturated heterocycles. The molecule has 0 radical (unpaired) electrons. The number of carbonyl (C=O) groups is 1. The van der Waals surface area contributed by atoms with Crippen LogP contribution < -0.4 is 0 Å². The third kappa shape index (κ3) is 1.78. The fourth-order valence-electron chi connectivity index (χ4n) is 1.40. The van der Waals surface area contributed by atoms with Gasteiger partial charge < -0.3 is 9.52 Å². The van der Waals surface area contributed by atoms with E-state index in [9.17, 15) is 9.90 Å². The molecule has 0 aliphatic rings. The van der Waals surface area contributed by atoms with Crippen molar-refractivity contribution in [2.45, 2.75) is 19.4 Å². The summed E-state index contributed by atoms with van der Waals surface area (Å²) in [6, 6.07) is 9.01. The molecule has 3 nitrogen and oxygen atoms in total. The molecular formula is C12H12O3. The largest absolute Gasteiger partial charge is 0.453 e. The number of benzene rings is 1. The van der Waals surface area contributed by atoms with Crippen molar-refractivity contribution in [3.63, 3.8) is 0 Å². The SMILES string of the molecule is CC(C)(O)C(=O)c1cc2ccccc2o1. The molecule has 78 valence electrons. The predicted octanol–water partition coefficient (Wildman–Crippen LogP) is 2.39. The summed E-state index contributed by atoms with van der Waals surface area (Å²) in [5.74, 6) is -0.206. The topological polar surface area (TPSA) is 50.4 Å². The number of ketones is 1. The summed E-state index contributed by atoms with van der Waals surface area (Å²) in [6.45, 7) is 2.89. The maximum Gasteiger partial charge on any atom is 0.228 e. The van der Waals surface area contributed by atoms with Crippen LogP contribution in [0, 0.1) is 0 Å². The van der Waals surface area contributed by atoms with Crippen LogP contribution in [0.4, 0.5) is 0 Å². The predicted molar refractivity (Wildman–Crippen MR) is 56.8 cm³/mol. The van der Waals surface area contributed by atoms with Gasteiger partial charge in [-0.3, -0.25) is 4.79 Å². The lowest BCUT2D eigenvalue weighted by Crippen LogP contribution is -2.30. The highest BCUT2D eigenvalue weighted by Crippen LogP contribution is 2.22. The molecule has 2 aromatic rings. The summed E-state index contributed by atoms with van der Waals surface area (Å²) in [4.78, 5) is 11.7. The van der Waals surface area contributed by atoms with Crippen molar-refractivity contribution in [2.75, 3.05) is 0 Å². The highest BCUT2D eigenvalue weighted by atomic mass is 16.4. The molecule has 0 saturated carbocycles. The molecule has 1 aromatic heterocycles. The van der Waals surface area contributed by atoms with Crippen molar-refractivity contribution in [3.8, 4) is 0 Å². The summed E-state index contributed by atoms with van der Waals surface area (Å²) < 4.78 is 5.35. The summed E-state index contributed by atoms with van der Waals surface area (Å²) >= 11 is 0. The molecule has 0 aliphatic carbocycles. The van der Waals surface area contributed by atoms with E-state index in [1.807, 2.05) is 18.2 Å². The van der Waals surface area contributed by atoms with Crippen LogP contribution >= 0.6 is 0 Å². The number of rotatable bonds is 2. The van der Waals surface area contributed by atoms with Crippen molar-refractivity contribution in [1.29, 1.82) is 0 Å². The Morgan fingerprint density at radius 1 is 1.33 bits per heavy atom. The molecule has 1 N–H and O–H groups in total. The first-order chi connectivity index (χ1) is 6.98. The Balaban J connectivity index is 2.50. The molecule has 0 fully saturated rings. The van der Waals surface area contributed by atoms with Gasteiger partial charge in [0, 0.05) is 5.39 Å². The summed E-state index contributed by atoms with van der Waals surface area (Å²) in [7, 11) is 0.